The molecule has 0 amide bonds. The molecule has 0 spiro atoms. The second kappa shape index (κ2) is 10.6. The van der Waals surface area contributed by atoms with Crippen molar-refractivity contribution in [3.63, 3.8) is 0 Å². The molecule has 1 aliphatic carbocycles. The van der Waals surface area contributed by atoms with Crippen LogP contribution in [0, 0.1) is 5.41 Å². The van der Waals surface area contributed by atoms with E-state index >= 15 is 0 Å². The van der Waals surface area contributed by atoms with E-state index in [1.165, 1.54) is 38.5 Å². The largest absolute Gasteiger partial charge is 0.493 e. The highest BCUT2D eigenvalue weighted by molar-refractivity contribution is 6.00. The number of piperidine rings is 1. The maximum absolute atomic E-state index is 7.99. The summed E-state index contributed by atoms with van der Waals surface area (Å²) in [5.41, 5.74) is 5.41. The quantitative estimate of drug-likeness (QED) is 0.300. The Morgan fingerprint density at radius 2 is 1.89 bits per heavy atom. The summed E-state index contributed by atoms with van der Waals surface area (Å²) in [6.45, 7) is 5.61. The number of hydrogen-bond acceptors (Lipinski definition) is 5. The molecule has 0 saturated carbocycles. The van der Waals surface area contributed by atoms with Crippen molar-refractivity contribution < 1.29 is 19.3 Å². The molecule has 3 N–H and O–H groups in total. The number of rotatable bonds is 7. The fourth-order valence-electron chi connectivity index (χ4n) is 5.45. The Hall–Kier alpha value is -3.12. The summed E-state index contributed by atoms with van der Waals surface area (Å²) in [7, 11) is 0. The fourth-order valence-corrected chi connectivity index (χ4v) is 5.45. The lowest BCUT2D eigenvalue weighted by Crippen LogP contribution is -2.40. The molecule has 3 aromatic rings. The van der Waals surface area contributed by atoms with Crippen molar-refractivity contribution in [1.29, 1.82) is 5.41 Å². The fraction of sp³-hybridized carbons (Fsp3) is 0.448. The molecule has 0 unspecified atom stereocenters. The lowest BCUT2D eigenvalue weighted by Gasteiger charge is -2.32. The van der Waals surface area contributed by atoms with Gasteiger partial charge < -0.3 is 18.8 Å². The molecule has 1 aromatic heterocycles. The number of nitrogens with one attached hydrogen (secondary N) is 1. The Kier molecular flexibility index (Phi) is 7.19. The first-order valence-corrected chi connectivity index (χ1v) is 12.9. The SMILES string of the molecule is CC(=[NH2+])OC(=N)c1cc2c(OCCCN3CCC(c4ccc5c(c4)CCCC5)CC3)cccc2o1. The number of hydrogen-bond donors (Lipinski definition) is 2. The number of fused-ring (bicyclic) bond motifs is 2. The molecule has 2 heterocycles. The molecule has 0 radical (unpaired) electrons. The summed E-state index contributed by atoms with van der Waals surface area (Å²) >= 11 is 0. The molecular formula is C29H36N3O3+. The van der Waals surface area contributed by atoms with Crippen LogP contribution in [-0.2, 0) is 17.6 Å². The van der Waals surface area contributed by atoms with Crippen LogP contribution in [0.4, 0.5) is 0 Å². The van der Waals surface area contributed by atoms with Gasteiger partial charge in [-0.15, -0.1) is 0 Å². The number of likely N-dealkylation sites (tertiary alicyclic amines) is 1. The Labute approximate surface area is 207 Å². The summed E-state index contributed by atoms with van der Waals surface area (Å²) < 4.78 is 17.0. The molecule has 2 aromatic carbocycles. The van der Waals surface area contributed by atoms with Crippen LogP contribution in [0.3, 0.4) is 0 Å². The van der Waals surface area contributed by atoms with E-state index in [4.69, 9.17) is 24.7 Å². The maximum atomic E-state index is 7.99. The standard InChI is InChI=1S/C29H35N3O3/c1-20(30)34-29(31)28-19-25-26(8-4-9-27(25)35-28)33-17-5-14-32-15-12-22(13-16-32)24-11-10-21-6-2-3-7-23(21)18-24/h4,8-11,18-19,22,30-31H,2-3,5-7,12-17H2,1H3/p+1. The number of furan rings is 1. The number of benzene rings is 2. The van der Waals surface area contributed by atoms with E-state index < -0.39 is 0 Å². The summed E-state index contributed by atoms with van der Waals surface area (Å²) in [6, 6.07) is 14.8. The number of nitrogens with two attached hydrogens (primary N) is 1. The molecule has 1 fully saturated rings. The molecule has 2 aliphatic rings. The van der Waals surface area contributed by atoms with Crippen LogP contribution in [0.15, 0.2) is 46.9 Å². The smallest absolute Gasteiger partial charge is 0.336 e. The van der Waals surface area contributed by atoms with E-state index in [1.54, 1.807) is 29.7 Å². The predicted molar refractivity (Wildman–Crippen MR) is 138 cm³/mol. The zero-order valence-corrected chi connectivity index (χ0v) is 20.6. The van der Waals surface area contributed by atoms with Crippen LogP contribution in [-0.4, -0.2) is 42.9 Å². The van der Waals surface area contributed by atoms with Crippen molar-refractivity contribution in [3.8, 4) is 5.75 Å². The third-order valence-electron chi connectivity index (χ3n) is 7.32. The van der Waals surface area contributed by atoms with Crippen LogP contribution in [0.2, 0.25) is 0 Å². The highest BCUT2D eigenvalue weighted by atomic mass is 16.5. The third-order valence-corrected chi connectivity index (χ3v) is 7.32. The molecular weight excluding hydrogens is 438 g/mol. The summed E-state index contributed by atoms with van der Waals surface area (Å²) in [5, 5.41) is 14.4. The van der Waals surface area contributed by atoms with E-state index in [2.05, 4.69) is 23.1 Å². The van der Waals surface area contributed by atoms with E-state index in [1.807, 2.05) is 18.2 Å². The molecule has 6 nitrogen and oxygen atoms in total. The van der Waals surface area contributed by atoms with Crippen LogP contribution in [0.25, 0.3) is 11.0 Å². The van der Waals surface area contributed by atoms with Gasteiger partial charge in [0, 0.05) is 12.6 Å². The first-order chi connectivity index (χ1) is 17.1. The minimum atomic E-state index is -0.106. The second-order valence-corrected chi connectivity index (χ2v) is 9.87. The van der Waals surface area contributed by atoms with Crippen LogP contribution in [0.5, 0.6) is 5.75 Å². The van der Waals surface area contributed by atoms with E-state index in [9.17, 15) is 0 Å². The normalized spacial score (nSPS) is 16.7. The molecule has 6 heteroatoms. The van der Waals surface area contributed by atoms with Gasteiger partial charge in [-0.2, -0.15) is 0 Å². The minimum Gasteiger partial charge on any atom is -0.493 e. The van der Waals surface area contributed by atoms with Gasteiger partial charge >= 0.3 is 5.90 Å². The van der Waals surface area contributed by atoms with Crippen LogP contribution < -0.4 is 10.1 Å². The van der Waals surface area contributed by atoms with Gasteiger partial charge in [0.1, 0.15) is 11.3 Å². The van der Waals surface area contributed by atoms with E-state index in [0.29, 0.717) is 23.9 Å². The molecule has 35 heavy (non-hydrogen) atoms. The molecule has 5 rings (SSSR count). The van der Waals surface area contributed by atoms with Crippen molar-refractivity contribution in [3.05, 3.63) is 64.9 Å². The Morgan fingerprint density at radius 3 is 2.69 bits per heavy atom. The van der Waals surface area contributed by atoms with Gasteiger partial charge in [-0.05, 0) is 92.8 Å². The highest BCUT2D eigenvalue weighted by Crippen LogP contribution is 2.32. The topological polar surface area (TPSA) is 84.3 Å². The summed E-state index contributed by atoms with van der Waals surface area (Å²) in [4.78, 5) is 2.57. The number of aryl methyl sites for hydroxylation is 2. The molecule has 0 atom stereocenters. The third kappa shape index (κ3) is 5.59. The zero-order chi connectivity index (χ0) is 24.2. The van der Waals surface area contributed by atoms with Gasteiger partial charge in [0.15, 0.2) is 5.76 Å². The highest BCUT2D eigenvalue weighted by Gasteiger charge is 2.22. The Morgan fingerprint density at radius 1 is 1.09 bits per heavy atom. The Bertz CT molecular complexity index is 1210. The average Bonchev–Trinajstić information content (AvgIpc) is 3.32. The van der Waals surface area contributed by atoms with Crippen molar-refractivity contribution in [2.75, 3.05) is 26.2 Å². The van der Waals surface area contributed by atoms with Crippen LogP contribution >= 0.6 is 0 Å². The molecule has 184 valence electrons. The van der Waals surface area contributed by atoms with Gasteiger partial charge in [-0.1, -0.05) is 24.3 Å². The van der Waals surface area contributed by atoms with Crippen molar-refractivity contribution in [1.82, 2.24) is 4.90 Å². The monoisotopic (exact) mass is 474 g/mol. The zero-order valence-electron chi connectivity index (χ0n) is 20.6. The van der Waals surface area contributed by atoms with Crippen molar-refractivity contribution in [2.45, 2.75) is 57.8 Å². The van der Waals surface area contributed by atoms with Crippen molar-refractivity contribution >= 4 is 22.8 Å². The average molecular weight is 475 g/mol. The van der Waals surface area contributed by atoms with E-state index in [0.717, 1.165) is 37.2 Å². The van der Waals surface area contributed by atoms with Crippen LogP contribution in [0.1, 0.15) is 67.4 Å². The van der Waals surface area contributed by atoms with E-state index in [-0.39, 0.29) is 11.8 Å². The van der Waals surface area contributed by atoms with Gasteiger partial charge in [0.2, 0.25) is 0 Å². The first-order valence-electron chi connectivity index (χ1n) is 12.9. The minimum absolute atomic E-state index is 0.106. The molecule has 1 aliphatic heterocycles. The number of ether oxygens (including phenoxy) is 2. The van der Waals surface area contributed by atoms with Gasteiger partial charge in [-0.25, -0.2) is 5.41 Å². The number of nitrogens with zero attached hydrogens (tertiary/aromatic N) is 1. The molecule has 1 saturated heterocycles. The van der Waals surface area contributed by atoms with Gasteiger partial charge in [0.25, 0.3) is 5.90 Å². The summed E-state index contributed by atoms with van der Waals surface area (Å²) in [6.07, 6.45) is 8.67. The molecule has 0 bridgehead atoms. The first kappa shape index (κ1) is 23.6. The van der Waals surface area contributed by atoms with Crippen molar-refractivity contribution in [2.24, 2.45) is 0 Å². The lowest BCUT2D eigenvalue weighted by atomic mass is 9.84. The second-order valence-electron chi connectivity index (χ2n) is 9.87. The predicted octanol–water partition coefficient (Wildman–Crippen LogP) is 4.48. The van der Waals surface area contributed by atoms with Gasteiger partial charge in [-0.3, -0.25) is 5.41 Å². The van der Waals surface area contributed by atoms with Gasteiger partial charge in [0.05, 0.1) is 18.9 Å². The Balaban J connectivity index is 1.09. The summed E-state index contributed by atoms with van der Waals surface area (Å²) in [5.74, 6) is 1.91. The lowest BCUT2D eigenvalue weighted by molar-refractivity contribution is -0.133. The maximum Gasteiger partial charge on any atom is 0.336 e.